The van der Waals surface area contributed by atoms with Crippen molar-refractivity contribution in [2.75, 3.05) is 6.61 Å². The lowest BCUT2D eigenvalue weighted by atomic mass is 10.2. The summed E-state index contributed by atoms with van der Waals surface area (Å²) < 4.78 is 7.83. The van der Waals surface area contributed by atoms with Gasteiger partial charge in [0.25, 0.3) is 0 Å². The molecule has 1 aromatic carbocycles. The number of para-hydroxylation sites is 1. The van der Waals surface area contributed by atoms with Gasteiger partial charge in [-0.3, -0.25) is 0 Å². The molecule has 4 heteroatoms. The molecule has 0 saturated heterocycles. The van der Waals surface area contributed by atoms with Gasteiger partial charge in [-0.15, -0.1) is 11.6 Å². The third kappa shape index (κ3) is 3.10. The molecule has 1 atom stereocenters. The SMILES string of the molecule is Cc1cccc2nc(C(C)Cl)n(CCOC(C)C)c12. The van der Waals surface area contributed by atoms with Gasteiger partial charge in [0, 0.05) is 6.54 Å². The minimum absolute atomic E-state index is 0.106. The first-order valence-electron chi connectivity index (χ1n) is 6.72. The fourth-order valence-corrected chi connectivity index (χ4v) is 2.46. The number of ether oxygens (including phenoxy) is 1. The first-order valence-corrected chi connectivity index (χ1v) is 7.15. The summed E-state index contributed by atoms with van der Waals surface area (Å²) in [7, 11) is 0. The van der Waals surface area contributed by atoms with Gasteiger partial charge in [-0.1, -0.05) is 12.1 Å². The number of hydrogen-bond donors (Lipinski definition) is 0. The van der Waals surface area contributed by atoms with Gasteiger partial charge in [0.15, 0.2) is 0 Å². The van der Waals surface area contributed by atoms with Crippen molar-refractivity contribution in [2.24, 2.45) is 0 Å². The molecule has 1 unspecified atom stereocenters. The number of imidazole rings is 1. The lowest BCUT2D eigenvalue weighted by Crippen LogP contribution is -2.13. The van der Waals surface area contributed by atoms with Crippen LogP contribution in [-0.2, 0) is 11.3 Å². The van der Waals surface area contributed by atoms with Crippen LogP contribution in [0.15, 0.2) is 18.2 Å². The van der Waals surface area contributed by atoms with Crippen molar-refractivity contribution in [3.63, 3.8) is 0 Å². The van der Waals surface area contributed by atoms with Gasteiger partial charge in [-0.25, -0.2) is 4.98 Å². The Labute approximate surface area is 119 Å². The topological polar surface area (TPSA) is 27.1 Å². The summed E-state index contributed by atoms with van der Waals surface area (Å²) >= 11 is 6.25. The summed E-state index contributed by atoms with van der Waals surface area (Å²) in [6.07, 6.45) is 0.243. The van der Waals surface area contributed by atoms with Crippen LogP contribution in [0.1, 0.15) is 37.5 Å². The van der Waals surface area contributed by atoms with Crippen LogP contribution >= 0.6 is 11.6 Å². The fourth-order valence-electron chi connectivity index (χ4n) is 2.29. The largest absolute Gasteiger partial charge is 0.377 e. The number of aryl methyl sites for hydroxylation is 1. The van der Waals surface area contributed by atoms with Crippen LogP contribution in [0.4, 0.5) is 0 Å². The molecule has 104 valence electrons. The smallest absolute Gasteiger partial charge is 0.127 e. The minimum atomic E-state index is -0.106. The molecule has 1 aromatic heterocycles. The molecule has 0 amide bonds. The van der Waals surface area contributed by atoms with Gasteiger partial charge in [-0.2, -0.15) is 0 Å². The number of halogens is 1. The molecular formula is C15H21ClN2O. The summed E-state index contributed by atoms with van der Waals surface area (Å²) in [4.78, 5) is 4.65. The second kappa shape index (κ2) is 5.93. The average Bonchev–Trinajstić information content (AvgIpc) is 2.69. The summed E-state index contributed by atoms with van der Waals surface area (Å²) in [6.45, 7) is 9.61. The number of aromatic nitrogens is 2. The fraction of sp³-hybridized carbons (Fsp3) is 0.533. The second-order valence-corrected chi connectivity index (χ2v) is 5.75. The van der Waals surface area contributed by atoms with Crippen molar-refractivity contribution in [3.8, 4) is 0 Å². The number of benzene rings is 1. The van der Waals surface area contributed by atoms with E-state index in [1.54, 1.807) is 0 Å². The van der Waals surface area contributed by atoms with Crippen molar-refractivity contribution in [1.82, 2.24) is 9.55 Å². The highest BCUT2D eigenvalue weighted by molar-refractivity contribution is 6.20. The van der Waals surface area contributed by atoms with E-state index in [1.807, 2.05) is 32.9 Å². The van der Waals surface area contributed by atoms with Crippen LogP contribution in [-0.4, -0.2) is 22.3 Å². The molecule has 0 radical (unpaired) electrons. The van der Waals surface area contributed by atoms with Crippen molar-refractivity contribution in [2.45, 2.75) is 45.7 Å². The Morgan fingerprint density at radius 1 is 1.32 bits per heavy atom. The van der Waals surface area contributed by atoms with Crippen molar-refractivity contribution >= 4 is 22.6 Å². The molecular weight excluding hydrogens is 260 g/mol. The summed E-state index contributed by atoms with van der Waals surface area (Å²) in [6, 6.07) is 6.17. The van der Waals surface area contributed by atoms with Crippen molar-refractivity contribution in [1.29, 1.82) is 0 Å². The molecule has 0 N–H and O–H groups in total. The molecule has 0 saturated carbocycles. The molecule has 2 rings (SSSR count). The van der Waals surface area contributed by atoms with Crippen molar-refractivity contribution < 1.29 is 4.74 Å². The third-order valence-corrected chi connectivity index (χ3v) is 3.31. The van der Waals surface area contributed by atoms with E-state index in [1.165, 1.54) is 5.56 Å². The Hall–Kier alpha value is -1.06. The lowest BCUT2D eigenvalue weighted by molar-refractivity contribution is 0.0729. The lowest BCUT2D eigenvalue weighted by Gasteiger charge is -2.13. The van der Waals surface area contributed by atoms with E-state index in [2.05, 4.69) is 22.5 Å². The van der Waals surface area contributed by atoms with Gasteiger partial charge < -0.3 is 9.30 Å². The normalized spacial score (nSPS) is 13.4. The quantitative estimate of drug-likeness (QED) is 0.772. The Balaban J connectivity index is 2.40. The molecule has 2 aromatic rings. The maximum absolute atomic E-state index is 6.25. The van der Waals surface area contributed by atoms with Gasteiger partial charge in [-0.05, 0) is 39.3 Å². The van der Waals surface area contributed by atoms with E-state index in [0.717, 1.165) is 23.4 Å². The van der Waals surface area contributed by atoms with Crippen LogP contribution < -0.4 is 0 Å². The van der Waals surface area contributed by atoms with Crippen LogP contribution in [0.5, 0.6) is 0 Å². The van der Waals surface area contributed by atoms with E-state index in [4.69, 9.17) is 16.3 Å². The van der Waals surface area contributed by atoms with E-state index < -0.39 is 0 Å². The number of hydrogen-bond acceptors (Lipinski definition) is 2. The van der Waals surface area contributed by atoms with Crippen LogP contribution in [0.25, 0.3) is 11.0 Å². The van der Waals surface area contributed by atoms with Crippen LogP contribution in [0, 0.1) is 6.92 Å². The minimum Gasteiger partial charge on any atom is -0.377 e. The Morgan fingerprint density at radius 2 is 2.05 bits per heavy atom. The van der Waals surface area contributed by atoms with Gasteiger partial charge in [0.2, 0.25) is 0 Å². The molecule has 0 fully saturated rings. The van der Waals surface area contributed by atoms with E-state index in [9.17, 15) is 0 Å². The molecule has 0 aliphatic carbocycles. The first-order chi connectivity index (χ1) is 9.00. The van der Waals surface area contributed by atoms with Crippen molar-refractivity contribution in [3.05, 3.63) is 29.6 Å². The first kappa shape index (κ1) is 14.4. The molecule has 0 aliphatic heterocycles. The highest BCUT2D eigenvalue weighted by Gasteiger charge is 2.16. The molecule has 1 heterocycles. The zero-order valence-electron chi connectivity index (χ0n) is 12.0. The summed E-state index contributed by atoms with van der Waals surface area (Å²) in [5.41, 5.74) is 3.39. The zero-order chi connectivity index (χ0) is 14.0. The highest BCUT2D eigenvalue weighted by Crippen LogP contribution is 2.26. The van der Waals surface area contributed by atoms with E-state index in [-0.39, 0.29) is 11.5 Å². The standard InChI is InChI=1S/C15H21ClN2O/c1-10(2)19-9-8-18-14-11(3)6-5-7-13(14)17-15(18)12(4)16/h5-7,10,12H,8-9H2,1-4H3. The second-order valence-electron chi connectivity index (χ2n) is 5.10. The highest BCUT2D eigenvalue weighted by atomic mass is 35.5. The van der Waals surface area contributed by atoms with E-state index >= 15 is 0 Å². The number of nitrogens with zero attached hydrogens (tertiary/aromatic N) is 2. The zero-order valence-corrected chi connectivity index (χ0v) is 12.7. The van der Waals surface area contributed by atoms with Gasteiger partial charge >= 0.3 is 0 Å². The maximum Gasteiger partial charge on any atom is 0.127 e. The Morgan fingerprint density at radius 3 is 2.68 bits per heavy atom. The monoisotopic (exact) mass is 280 g/mol. The predicted molar refractivity (Wildman–Crippen MR) is 79.8 cm³/mol. The number of rotatable bonds is 5. The molecule has 0 spiro atoms. The Bertz CT molecular complexity index is 561. The predicted octanol–water partition coefficient (Wildman–Crippen LogP) is 4.07. The summed E-state index contributed by atoms with van der Waals surface area (Å²) in [5, 5.41) is -0.106. The summed E-state index contributed by atoms with van der Waals surface area (Å²) in [5.74, 6) is 0.915. The Kier molecular flexibility index (Phi) is 4.48. The maximum atomic E-state index is 6.25. The molecule has 0 aliphatic rings. The number of fused-ring (bicyclic) bond motifs is 1. The molecule has 0 bridgehead atoms. The van der Waals surface area contributed by atoms with Gasteiger partial charge in [0.1, 0.15) is 5.82 Å². The van der Waals surface area contributed by atoms with E-state index in [0.29, 0.717) is 6.61 Å². The average molecular weight is 281 g/mol. The molecule has 3 nitrogen and oxygen atoms in total. The number of alkyl halides is 1. The molecule has 19 heavy (non-hydrogen) atoms. The van der Waals surface area contributed by atoms with Gasteiger partial charge in [0.05, 0.1) is 29.1 Å². The van der Waals surface area contributed by atoms with Crippen LogP contribution in [0.3, 0.4) is 0 Å². The van der Waals surface area contributed by atoms with Crippen LogP contribution in [0.2, 0.25) is 0 Å². The third-order valence-electron chi connectivity index (χ3n) is 3.12.